The van der Waals surface area contributed by atoms with E-state index in [1.807, 2.05) is 42.2 Å². The molecule has 6 nitrogen and oxygen atoms in total. The third-order valence-corrected chi connectivity index (χ3v) is 8.67. The molecule has 36 heavy (non-hydrogen) atoms. The molecule has 190 valence electrons. The largest absolute Gasteiger partial charge is 0.360 e. The lowest BCUT2D eigenvalue weighted by molar-refractivity contribution is 0.0135. The number of carbonyl (C=O) groups excluding carboxylic acids is 1. The van der Waals surface area contributed by atoms with Crippen molar-refractivity contribution in [2.24, 2.45) is 0 Å². The number of aromatic nitrogens is 1. The summed E-state index contributed by atoms with van der Waals surface area (Å²) < 4.78 is 6.73. The van der Waals surface area contributed by atoms with Gasteiger partial charge in [-0.05, 0) is 73.9 Å². The third kappa shape index (κ3) is 5.24. The number of aryl methyl sites for hydroxylation is 1. The van der Waals surface area contributed by atoms with Crippen molar-refractivity contribution >= 4 is 28.5 Å². The summed E-state index contributed by atoms with van der Waals surface area (Å²) in [6, 6.07) is 20.2. The zero-order chi connectivity index (χ0) is 25.2. The number of carbonyl (C=O) groups is 1. The Morgan fingerprint density at radius 2 is 1.72 bits per heavy atom. The molecular weight excluding hydrogens is 563 g/mol. The molecule has 3 aromatic rings. The van der Waals surface area contributed by atoms with Gasteiger partial charge in [-0.1, -0.05) is 47.6 Å². The minimum Gasteiger partial charge on any atom is -0.360 e. The fraction of sp³-hybridized carbons (Fsp3) is 0.448. The van der Waals surface area contributed by atoms with E-state index in [4.69, 9.17) is 4.52 Å². The summed E-state index contributed by atoms with van der Waals surface area (Å²) in [4.78, 5) is 20.8. The fourth-order valence-electron chi connectivity index (χ4n) is 5.85. The van der Waals surface area contributed by atoms with E-state index in [-0.39, 0.29) is 5.91 Å². The van der Waals surface area contributed by atoms with E-state index in [1.54, 1.807) is 0 Å². The molecule has 0 N–H and O–H groups in total. The zero-order valence-corrected chi connectivity index (χ0v) is 23.5. The lowest BCUT2D eigenvalue weighted by atomic mass is 9.98. The van der Waals surface area contributed by atoms with E-state index in [0.29, 0.717) is 35.1 Å². The van der Waals surface area contributed by atoms with Gasteiger partial charge in [-0.2, -0.15) is 0 Å². The molecule has 0 bridgehead atoms. The Balaban J connectivity index is 1.18. The SMILES string of the molecule is Cc1onc(-c2ccccc2)c1C(=O)N1CCC(N2CCN([C@@H](C)c3ccc(I)cc3)[C@@H](C)C2)CC1. The highest BCUT2D eigenvalue weighted by Gasteiger charge is 2.35. The van der Waals surface area contributed by atoms with Crippen LogP contribution in [0.15, 0.2) is 59.1 Å². The number of hydrogen-bond acceptors (Lipinski definition) is 5. The second-order valence-electron chi connectivity index (χ2n) is 10.2. The van der Waals surface area contributed by atoms with Gasteiger partial charge in [0, 0.05) is 60.0 Å². The maximum Gasteiger partial charge on any atom is 0.259 e. The standard InChI is InChI=1S/C29H35IN4O2/c1-20-19-33(17-18-34(20)21(2)23-9-11-25(30)12-10-23)26-13-15-32(16-14-26)29(35)27-22(3)36-31-28(27)24-7-5-4-6-8-24/h4-12,20-21,26H,13-19H2,1-3H3/t20-,21-/m0/s1. The summed E-state index contributed by atoms with van der Waals surface area (Å²) in [5, 5.41) is 4.21. The molecule has 0 spiro atoms. The van der Waals surface area contributed by atoms with Gasteiger partial charge >= 0.3 is 0 Å². The molecule has 2 fully saturated rings. The lowest BCUT2D eigenvalue weighted by Gasteiger charge is -2.47. The van der Waals surface area contributed by atoms with E-state index < -0.39 is 0 Å². The van der Waals surface area contributed by atoms with Crippen LogP contribution in [-0.2, 0) is 0 Å². The lowest BCUT2D eigenvalue weighted by Crippen LogP contribution is -2.57. The van der Waals surface area contributed by atoms with Crippen molar-refractivity contribution < 1.29 is 9.32 Å². The molecule has 0 aliphatic carbocycles. The van der Waals surface area contributed by atoms with Gasteiger partial charge < -0.3 is 9.42 Å². The smallest absolute Gasteiger partial charge is 0.259 e. The molecular formula is C29H35IN4O2. The molecule has 2 saturated heterocycles. The van der Waals surface area contributed by atoms with E-state index in [0.717, 1.165) is 51.1 Å². The average Bonchev–Trinajstić information content (AvgIpc) is 3.30. The number of piperidine rings is 1. The summed E-state index contributed by atoms with van der Waals surface area (Å²) in [6.07, 6.45) is 2.02. The molecule has 0 unspecified atom stereocenters. The van der Waals surface area contributed by atoms with Gasteiger partial charge in [-0.3, -0.25) is 14.6 Å². The number of piperazine rings is 1. The van der Waals surface area contributed by atoms with Crippen LogP contribution in [0.3, 0.4) is 0 Å². The first kappa shape index (κ1) is 25.4. The van der Waals surface area contributed by atoms with Crippen molar-refractivity contribution in [3.05, 3.63) is 75.1 Å². The Kier molecular flexibility index (Phi) is 7.79. The minimum atomic E-state index is 0.0376. The molecule has 0 radical (unpaired) electrons. The molecule has 7 heteroatoms. The molecule has 1 amide bonds. The highest BCUT2D eigenvalue weighted by molar-refractivity contribution is 14.1. The highest BCUT2D eigenvalue weighted by atomic mass is 127. The maximum absolute atomic E-state index is 13.5. The topological polar surface area (TPSA) is 52.8 Å². The first-order chi connectivity index (χ1) is 17.4. The van der Waals surface area contributed by atoms with E-state index in [9.17, 15) is 4.79 Å². The maximum atomic E-state index is 13.5. The third-order valence-electron chi connectivity index (χ3n) is 7.95. The van der Waals surface area contributed by atoms with Crippen LogP contribution in [0.4, 0.5) is 0 Å². The average molecular weight is 599 g/mol. The Labute approximate surface area is 227 Å². The number of amides is 1. The minimum absolute atomic E-state index is 0.0376. The monoisotopic (exact) mass is 598 g/mol. The van der Waals surface area contributed by atoms with Crippen LogP contribution in [0.2, 0.25) is 0 Å². The summed E-state index contributed by atoms with van der Waals surface area (Å²) in [5.41, 5.74) is 3.55. The normalized spacial score (nSPS) is 21.0. The van der Waals surface area contributed by atoms with Gasteiger partial charge in [-0.15, -0.1) is 0 Å². The number of benzene rings is 2. The van der Waals surface area contributed by atoms with Crippen molar-refractivity contribution in [2.45, 2.75) is 51.7 Å². The van der Waals surface area contributed by atoms with Gasteiger partial charge in [0.15, 0.2) is 0 Å². The summed E-state index contributed by atoms with van der Waals surface area (Å²) >= 11 is 2.37. The Bertz CT molecular complexity index is 1170. The van der Waals surface area contributed by atoms with E-state index in [1.165, 1.54) is 9.13 Å². The quantitative estimate of drug-likeness (QED) is 0.357. The van der Waals surface area contributed by atoms with Crippen LogP contribution in [0.5, 0.6) is 0 Å². The van der Waals surface area contributed by atoms with Gasteiger partial charge in [0.05, 0.1) is 0 Å². The molecule has 2 aromatic carbocycles. The molecule has 2 atom stereocenters. The van der Waals surface area contributed by atoms with E-state index >= 15 is 0 Å². The summed E-state index contributed by atoms with van der Waals surface area (Å²) in [5.74, 6) is 0.628. The second-order valence-corrected chi connectivity index (χ2v) is 11.4. The van der Waals surface area contributed by atoms with Gasteiger partial charge in [0.2, 0.25) is 0 Å². The first-order valence-corrected chi connectivity index (χ1v) is 14.1. The number of hydrogen-bond donors (Lipinski definition) is 0. The molecule has 1 aromatic heterocycles. The molecule has 3 heterocycles. The Morgan fingerprint density at radius 1 is 1.03 bits per heavy atom. The number of nitrogens with zero attached hydrogens (tertiary/aromatic N) is 4. The van der Waals surface area contributed by atoms with Gasteiger partial charge in [0.25, 0.3) is 5.91 Å². The van der Waals surface area contributed by atoms with Crippen LogP contribution in [-0.4, -0.2) is 70.6 Å². The first-order valence-electron chi connectivity index (χ1n) is 13.0. The second kappa shape index (κ2) is 11.0. The number of likely N-dealkylation sites (tertiary alicyclic amines) is 1. The van der Waals surface area contributed by atoms with Gasteiger partial charge in [0.1, 0.15) is 17.0 Å². The molecule has 2 aliphatic rings. The Hall–Kier alpha value is -2.23. The predicted molar refractivity (Wildman–Crippen MR) is 151 cm³/mol. The van der Waals surface area contributed by atoms with Crippen molar-refractivity contribution in [2.75, 3.05) is 32.7 Å². The molecule has 2 aliphatic heterocycles. The van der Waals surface area contributed by atoms with Crippen LogP contribution in [0.1, 0.15) is 54.4 Å². The van der Waals surface area contributed by atoms with Crippen molar-refractivity contribution in [3.63, 3.8) is 0 Å². The fourth-order valence-corrected chi connectivity index (χ4v) is 6.21. The van der Waals surface area contributed by atoms with Crippen LogP contribution in [0.25, 0.3) is 11.3 Å². The van der Waals surface area contributed by atoms with Gasteiger partial charge in [-0.25, -0.2) is 0 Å². The van der Waals surface area contributed by atoms with E-state index in [2.05, 4.69) is 75.7 Å². The summed E-state index contributed by atoms with van der Waals surface area (Å²) in [6.45, 7) is 11.3. The van der Waals surface area contributed by atoms with Crippen molar-refractivity contribution in [1.82, 2.24) is 19.9 Å². The number of rotatable bonds is 5. The zero-order valence-electron chi connectivity index (χ0n) is 21.4. The predicted octanol–water partition coefficient (Wildman–Crippen LogP) is 5.63. The Morgan fingerprint density at radius 3 is 2.39 bits per heavy atom. The van der Waals surface area contributed by atoms with Crippen LogP contribution >= 0.6 is 22.6 Å². The van der Waals surface area contributed by atoms with Crippen LogP contribution < -0.4 is 0 Å². The van der Waals surface area contributed by atoms with Crippen molar-refractivity contribution in [1.29, 1.82) is 0 Å². The molecule has 5 rings (SSSR count). The highest BCUT2D eigenvalue weighted by Crippen LogP contribution is 2.30. The summed E-state index contributed by atoms with van der Waals surface area (Å²) in [7, 11) is 0. The van der Waals surface area contributed by atoms with Crippen LogP contribution in [0, 0.1) is 10.5 Å². The number of halogens is 1. The molecule has 0 saturated carbocycles. The van der Waals surface area contributed by atoms with Crippen molar-refractivity contribution in [3.8, 4) is 11.3 Å².